The minimum Gasteiger partial charge on any atom is -0.122 e. The number of benzene rings is 1. The van der Waals surface area contributed by atoms with Crippen LogP contribution in [0.5, 0.6) is 0 Å². The molecule has 0 amide bonds. The average Bonchev–Trinajstić information content (AvgIpc) is 1.97. The Bertz CT molecular complexity index is 271. The number of hydrogen-bond acceptors (Lipinski definition) is 0. The SMILES string of the molecule is Cc1cc(Cl)c(I)cc1CCl. The standard InChI is InChI=1S/C8H7Cl2I/c1-5-2-7(10)8(11)3-6(5)4-9/h2-3H,4H2,1H3. The van der Waals surface area contributed by atoms with Crippen molar-refractivity contribution in [1.29, 1.82) is 0 Å². The molecule has 3 heteroatoms. The van der Waals surface area contributed by atoms with Gasteiger partial charge < -0.3 is 0 Å². The van der Waals surface area contributed by atoms with Gasteiger partial charge in [-0.1, -0.05) is 11.6 Å². The first-order valence-corrected chi connectivity index (χ1v) is 5.14. The summed E-state index contributed by atoms with van der Waals surface area (Å²) in [6, 6.07) is 3.96. The second-order valence-corrected chi connectivity index (χ2v) is 4.16. The smallest absolute Gasteiger partial charge is 0.0542 e. The first kappa shape index (κ1) is 9.62. The molecule has 0 aliphatic carbocycles. The van der Waals surface area contributed by atoms with Gasteiger partial charge in [-0.3, -0.25) is 0 Å². The lowest BCUT2D eigenvalue weighted by molar-refractivity contribution is 1.29. The zero-order valence-electron chi connectivity index (χ0n) is 6.00. The molecule has 11 heavy (non-hydrogen) atoms. The summed E-state index contributed by atoms with van der Waals surface area (Å²) in [6.07, 6.45) is 0. The third kappa shape index (κ3) is 2.23. The Morgan fingerprint density at radius 3 is 2.64 bits per heavy atom. The molecule has 0 N–H and O–H groups in total. The lowest BCUT2D eigenvalue weighted by Gasteiger charge is -2.03. The molecule has 1 aromatic carbocycles. The molecular formula is C8H7Cl2I. The molecule has 0 bridgehead atoms. The molecule has 0 saturated carbocycles. The van der Waals surface area contributed by atoms with E-state index in [-0.39, 0.29) is 0 Å². The van der Waals surface area contributed by atoms with Crippen LogP contribution in [0.25, 0.3) is 0 Å². The number of aryl methyl sites for hydroxylation is 1. The summed E-state index contributed by atoms with van der Waals surface area (Å²) in [5.74, 6) is 0.555. The Morgan fingerprint density at radius 2 is 2.09 bits per heavy atom. The maximum absolute atomic E-state index is 5.89. The number of rotatable bonds is 1. The van der Waals surface area contributed by atoms with Crippen molar-refractivity contribution in [2.45, 2.75) is 12.8 Å². The van der Waals surface area contributed by atoms with Crippen molar-refractivity contribution >= 4 is 45.8 Å². The predicted molar refractivity (Wildman–Crippen MR) is 58.5 cm³/mol. The van der Waals surface area contributed by atoms with E-state index in [1.165, 1.54) is 0 Å². The summed E-state index contributed by atoms with van der Waals surface area (Å²) in [5.41, 5.74) is 2.31. The van der Waals surface area contributed by atoms with Gasteiger partial charge in [0.25, 0.3) is 0 Å². The van der Waals surface area contributed by atoms with Crippen LogP contribution in [-0.4, -0.2) is 0 Å². The van der Waals surface area contributed by atoms with Gasteiger partial charge in [0.15, 0.2) is 0 Å². The summed E-state index contributed by atoms with van der Waals surface area (Å²) in [7, 11) is 0. The van der Waals surface area contributed by atoms with Crippen LogP contribution in [0.3, 0.4) is 0 Å². The number of alkyl halides is 1. The fourth-order valence-electron chi connectivity index (χ4n) is 0.831. The van der Waals surface area contributed by atoms with Gasteiger partial charge in [0.2, 0.25) is 0 Å². The van der Waals surface area contributed by atoms with E-state index in [9.17, 15) is 0 Å². The van der Waals surface area contributed by atoms with Crippen LogP contribution in [0.4, 0.5) is 0 Å². The quantitative estimate of drug-likeness (QED) is 0.543. The zero-order chi connectivity index (χ0) is 8.43. The summed E-state index contributed by atoms with van der Waals surface area (Å²) >= 11 is 13.8. The summed E-state index contributed by atoms with van der Waals surface area (Å²) in [5, 5.41) is 0.803. The molecule has 0 spiro atoms. The van der Waals surface area contributed by atoms with Crippen molar-refractivity contribution in [2.24, 2.45) is 0 Å². The van der Waals surface area contributed by atoms with Crippen LogP contribution in [-0.2, 0) is 5.88 Å². The molecule has 0 nitrogen and oxygen atoms in total. The van der Waals surface area contributed by atoms with E-state index < -0.39 is 0 Å². The van der Waals surface area contributed by atoms with Crippen LogP contribution in [0.1, 0.15) is 11.1 Å². The highest BCUT2D eigenvalue weighted by Crippen LogP contribution is 2.23. The Balaban J connectivity index is 3.21. The van der Waals surface area contributed by atoms with Gasteiger partial charge in [-0.2, -0.15) is 0 Å². The molecule has 1 rings (SSSR count). The highest BCUT2D eigenvalue weighted by atomic mass is 127. The van der Waals surface area contributed by atoms with Crippen LogP contribution < -0.4 is 0 Å². The third-order valence-corrected chi connectivity index (χ3v) is 3.33. The molecule has 0 aliphatic heterocycles. The van der Waals surface area contributed by atoms with Crippen molar-refractivity contribution < 1.29 is 0 Å². The second-order valence-electron chi connectivity index (χ2n) is 2.33. The van der Waals surface area contributed by atoms with Gasteiger partial charge in [0.05, 0.1) is 5.02 Å². The molecule has 0 fully saturated rings. The normalized spacial score (nSPS) is 10.2. The van der Waals surface area contributed by atoms with E-state index in [0.717, 1.165) is 19.7 Å². The molecule has 0 aromatic heterocycles. The van der Waals surface area contributed by atoms with Crippen molar-refractivity contribution in [3.05, 3.63) is 31.9 Å². The minimum atomic E-state index is 0.555. The number of halogens is 3. The van der Waals surface area contributed by atoms with Gasteiger partial charge in [0.1, 0.15) is 0 Å². The van der Waals surface area contributed by atoms with E-state index >= 15 is 0 Å². The fraction of sp³-hybridized carbons (Fsp3) is 0.250. The van der Waals surface area contributed by atoms with Crippen molar-refractivity contribution in [1.82, 2.24) is 0 Å². The Hall–Kier alpha value is 0.530. The second kappa shape index (κ2) is 3.97. The molecular weight excluding hydrogens is 294 g/mol. The number of hydrogen-bond donors (Lipinski definition) is 0. The Kier molecular flexibility index (Phi) is 3.47. The summed E-state index contributed by atoms with van der Waals surface area (Å²) in [6.45, 7) is 2.01. The highest BCUT2D eigenvalue weighted by Gasteiger charge is 2.01. The molecule has 0 unspecified atom stereocenters. The van der Waals surface area contributed by atoms with E-state index in [2.05, 4.69) is 22.6 Å². The lowest BCUT2D eigenvalue weighted by Crippen LogP contribution is -1.86. The first-order valence-electron chi connectivity index (χ1n) is 3.15. The first-order chi connectivity index (χ1) is 5.15. The van der Waals surface area contributed by atoms with Crippen LogP contribution in [0.2, 0.25) is 5.02 Å². The average molecular weight is 301 g/mol. The molecule has 0 atom stereocenters. The molecule has 0 heterocycles. The molecule has 0 aliphatic rings. The van der Waals surface area contributed by atoms with Crippen LogP contribution in [0, 0.1) is 10.5 Å². The van der Waals surface area contributed by atoms with Gasteiger partial charge in [-0.15, -0.1) is 11.6 Å². The van der Waals surface area contributed by atoms with Crippen molar-refractivity contribution in [3.63, 3.8) is 0 Å². The molecule has 0 saturated heterocycles. The van der Waals surface area contributed by atoms with E-state index in [0.29, 0.717) is 5.88 Å². The van der Waals surface area contributed by atoms with Crippen LogP contribution >= 0.6 is 45.8 Å². The maximum atomic E-state index is 5.89. The van der Waals surface area contributed by atoms with Gasteiger partial charge >= 0.3 is 0 Å². The van der Waals surface area contributed by atoms with Gasteiger partial charge in [-0.05, 0) is 52.8 Å². The monoisotopic (exact) mass is 300 g/mol. The van der Waals surface area contributed by atoms with E-state index in [1.54, 1.807) is 0 Å². The van der Waals surface area contributed by atoms with Gasteiger partial charge in [0, 0.05) is 9.45 Å². The van der Waals surface area contributed by atoms with E-state index in [4.69, 9.17) is 23.2 Å². The minimum absolute atomic E-state index is 0.555. The largest absolute Gasteiger partial charge is 0.122 e. The lowest BCUT2D eigenvalue weighted by atomic mass is 10.1. The van der Waals surface area contributed by atoms with E-state index in [1.807, 2.05) is 19.1 Å². The Labute approximate surface area is 90.0 Å². The predicted octanol–water partition coefficient (Wildman–Crippen LogP) is 3.99. The molecule has 0 radical (unpaired) electrons. The summed E-state index contributed by atoms with van der Waals surface area (Å²) < 4.78 is 1.06. The summed E-state index contributed by atoms with van der Waals surface area (Å²) in [4.78, 5) is 0. The highest BCUT2D eigenvalue weighted by molar-refractivity contribution is 14.1. The fourth-order valence-corrected chi connectivity index (χ4v) is 1.87. The molecule has 60 valence electrons. The van der Waals surface area contributed by atoms with Crippen molar-refractivity contribution in [2.75, 3.05) is 0 Å². The zero-order valence-corrected chi connectivity index (χ0v) is 9.67. The van der Waals surface area contributed by atoms with Crippen LogP contribution in [0.15, 0.2) is 12.1 Å². The van der Waals surface area contributed by atoms with Crippen molar-refractivity contribution in [3.8, 4) is 0 Å². The molecule has 1 aromatic rings. The maximum Gasteiger partial charge on any atom is 0.0542 e. The topological polar surface area (TPSA) is 0 Å². The van der Waals surface area contributed by atoms with Gasteiger partial charge in [-0.25, -0.2) is 0 Å². The third-order valence-electron chi connectivity index (χ3n) is 1.52. The Morgan fingerprint density at radius 1 is 1.45 bits per heavy atom.